The Balaban J connectivity index is 1.69. The van der Waals surface area contributed by atoms with Crippen LogP contribution in [0.15, 0.2) is 30.3 Å². The van der Waals surface area contributed by atoms with Crippen molar-refractivity contribution >= 4 is 5.91 Å². The number of benzene rings is 1. The third-order valence-electron chi connectivity index (χ3n) is 4.96. The highest BCUT2D eigenvalue weighted by Crippen LogP contribution is 2.23. The summed E-state index contributed by atoms with van der Waals surface area (Å²) in [5.74, 6) is 0.307. The summed E-state index contributed by atoms with van der Waals surface area (Å²) in [6.45, 7) is 6.77. The Morgan fingerprint density at radius 2 is 1.73 bits per heavy atom. The second kappa shape index (κ2) is 7.25. The Hall–Kier alpha value is -1.39. The third kappa shape index (κ3) is 3.87. The molecule has 0 spiro atoms. The number of piperidine rings is 1. The minimum absolute atomic E-state index is 0.307. The molecule has 2 aliphatic heterocycles. The summed E-state index contributed by atoms with van der Waals surface area (Å²) in [4.78, 5) is 14.7. The smallest absolute Gasteiger partial charge is 0.278 e. The van der Waals surface area contributed by atoms with Crippen LogP contribution in [0.3, 0.4) is 0 Å². The molecule has 2 aliphatic rings. The highest BCUT2D eigenvalue weighted by molar-refractivity contribution is 5.77. The van der Waals surface area contributed by atoms with Crippen LogP contribution < -0.4 is 0 Å². The number of carbonyl (C=O) groups excluding carboxylic acids is 1. The number of rotatable bonds is 4. The molecule has 0 N–H and O–H groups in total. The molecule has 3 rings (SSSR count). The van der Waals surface area contributed by atoms with Crippen LogP contribution in [0.2, 0.25) is 0 Å². The molecule has 0 unspecified atom stereocenters. The summed E-state index contributed by atoms with van der Waals surface area (Å²) in [6, 6.07) is 10.6. The fourth-order valence-corrected chi connectivity index (χ4v) is 3.73. The molecule has 4 heteroatoms. The number of morpholine rings is 1. The Morgan fingerprint density at radius 1 is 1.05 bits per heavy atom. The first kappa shape index (κ1) is 15.5. The molecule has 2 heterocycles. The van der Waals surface area contributed by atoms with Crippen LogP contribution in [0.5, 0.6) is 0 Å². The summed E-state index contributed by atoms with van der Waals surface area (Å²) >= 11 is 0. The molecule has 1 amide bonds. The van der Waals surface area contributed by atoms with Crippen molar-refractivity contribution in [2.24, 2.45) is 0 Å². The van der Waals surface area contributed by atoms with E-state index in [1.165, 1.54) is 24.8 Å². The lowest BCUT2D eigenvalue weighted by Gasteiger charge is -2.42. The zero-order chi connectivity index (χ0) is 15.3. The fraction of sp³-hybridized carbons (Fsp3) is 0.611. The summed E-state index contributed by atoms with van der Waals surface area (Å²) in [5, 5.41) is 0. The van der Waals surface area contributed by atoms with Gasteiger partial charge in [-0.25, -0.2) is 0 Å². The van der Waals surface area contributed by atoms with Crippen LogP contribution in [0.4, 0.5) is 0 Å². The molecule has 22 heavy (non-hydrogen) atoms. The maximum absolute atomic E-state index is 12.7. The maximum atomic E-state index is 12.7. The van der Waals surface area contributed by atoms with Crippen LogP contribution in [0.25, 0.3) is 0 Å². The average molecular weight is 303 g/mol. The predicted octanol–water partition coefficient (Wildman–Crippen LogP) is 2.05. The van der Waals surface area contributed by atoms with E-state index in [-0.39, 0.29) is 0 Å². The van der Waals surface area contributed by atoms with Crippen LogP contribution in [0, 0.1) is 0 Å². The molecular formula is C18H27N2O2+. The second-order valence-corrected chi connectivity index (χ2v) is 6.64. The third-order valence-corrected chi connectivity index (χ3v) is 4.96. The topological polar surface area (TPSA) is 29.5 Å². The van der Waals surface area contributed by atoms with Crippen molar-refractivity contribution in [1.82, 2.24) is 4.90 Å². The first-order valence-electron chi connectivity index (χ1n) is 8.52. The number of nitrogens with zero attached hydrogens (tertiary/aromatic N) is 2. The van der Waals surface area contributed by atoms with E-state index in [0.29, 0.717) is 25.7 Å². The maximum Gasteiger partial charge on any atom is 0.278 e. The van der Waals surface area contributed by atoms with E-state index in [9.17, 15) is 4.79 Å². The standard InChI is InChI=1S/C18H27N2O2/c21-18(19-9-13-22-14-10-19)16-20(11-5-2-6-12-20)15-17-7-3-1-4-8-17/h1,3-4,7-8H,2,5-6,9-16H2/q+1. The molecule has 0 aromatic heterocycles. The minimum atomic E-state index is 0.307. The van der Waals surface area contributed by atoms with Crippen molar-refractivity contribution in [3.8, 4) is 0 Å². The minimum Gasteiger partial charge on any atom is -0.378 e. The van der Waals surface area contributed by atoms with Gasteiger partial charge in [-0.3, -0.25) is 4.79 Å². The number of quaternary nitrogens is 1. The van der Waals surface area contributed by atoms with E-state index in [2.05, 4.69) is 30.3 Å². The van der Waals surface area contributed by atoms with Gasteiger partial charge in [0.15, 0.2) is 6.54 Å². The molecule has 120 valence electrons. The van der Waals surface area contributed by atoms with E-state index >= 15 is 0 Å². The monoisotopic (exact) mass is 303 g/mol. The molecule has 4 nitrogen and oxygen atoms in total. The first-order valence-corrected chi connectivity index (χ1v) is 8.52. The highest BCUT2D eigenvalue weighted by atomic mass is 16.5. The van der Waals surface area contributed by atoms with Crippen molar-refractivity contribution in [2.75, 3.05) is 45.9 Å². The molecule has 0 bridgehead atoms. The van der Waals surface area contributed by atoms with Gasteiger partial charge in [0.2, 0.25) is 0 Å². The van der Waals surface area contributed by atoms with Gasteiger partial charge in [0.25, 0.3) is 5.91 Å². The van der Waals surface area contributed by atoms with E-state index < -0.39 is 0 Å². The number of ether oxygens (including phenoxy) is 1. The van der Waals surface area contributed by atoms with Gasteiger partial charge >= 0.3 is 0 Å². The molecular weight excluding hydrogens is 276 g/mol. The van der Waals surface area contributed by atoms with Crippen LogP contribution >= 0.6 is 0 Å². The number of hydrogen-bond donors (Lipinski definition) is 0. The normalized spacial score (nSPS) is 21.5. The van der Waals surface area contributed by atoms with Crippen molar-refractivity contribution in [3.63, 3.8) is 0 Å². The van der Waals surface area contributed by atoms with E-state index in [4.69, 9.17) is 4.74 Å². The summed E-state index contributed by atoms with van der Waals surface area (Å²) in [5.41, 5.74) is 1.35. The summed E-state index contributed by atoms with van der Waals surface area (Å²) < 4.78 is 6.29. The van der Waals surface area contributed by atoms with Gasteiger partial charge < -0.3 is 14.1 Å². The summed E-state index contributed by atoms with van der Waals surface area (Å²) in [7, 11) is 0. The number of amides is 1. The Bertz CT molecular complexity index is 477. The molecule has 0 aliphatic carbocycles. The Morgan fingerprint density at radius 3 is 2.41 bits per heavy atom. The molecule has 0 radical (unpaired) electrons. The molecule has 1 aromatic rings. The molecule has 1 aromatic carbocycles. The average Bonchev–Trinajstić information content (AvgIpc) is 2.57. The first-order chi connectivity index (χ1) is 10.8. The lowest BCUT2D eigenvalue weighted by atomic mass is 10.0. The lowest BCUT2D eigenvalue weighted by Crippen LogP contribution is -2.57. The Kier molecular flexibility index (Phi) is 5.11. The van der Waals surface area contributed by atoms with E-state index in [1.807, 2.05) is 4.90 Å². The number of likely N-dealkylation sites (tertiary alicyclic amines) is 1. The van der Waals surface area contributed by atoms with Gasteiger partial charge in [-0.05, 0) is 19.3 Å². The number of hydrogen-bond acceptors (Lipinski definition) is 2. The second-order valence-electron chi connectivity index (χ2n) is 6.64. The zero-order valence-electron chi connectivity index (χ0n) is 13.4. The van der Waals surface area contributed by atoms with Gasteiger partial charge in [0, 0.05) is 18.7 Å². The molecule has 2 fully saturated rings. The van der Waals surface area contributed by atoms with Crippen LogP contribution in [-0.4, -0.2) is 61.2 Å². The molecule has 2 saturated heterocycles. The van der Waals surface area contributed by atoms with Crippen molar-refractivity contribution in [1.29, 1.82) is 0 Å². The van der Waals surface area contributed by atoms with Crippen LogP contribution in [-0.2, 0) is 16.1 Å². The fourth-order valence-electron chi connectivity index (χ4n) is 3.73. The number of carbonyl (C=O) groups is 1. The van der Waals surface area contributed by atoms with Gasteiger partial charge in [0.05, 0.1) is 26.3 Å². The molecule has 0 atom stereocenters. The van der Waals surface area contributed by atoms with Gasteiger partial charge in [-0.1, -0.05) is 30.3 Å². The van der Waals surface area contributed by atoms with E-state index in [1.54, 1.807) is 0 Å². The van der Waals surface area contributed by atoms with Crippen molar-refractivity contribution < 1.29 is 14.0 Å². The molecule has 0 saturated carbocycles. The van der Waals surface area contributed by atoms with Crippen LogP contribution in [0.1, 0.15) is 24.8 Å². The zero-order valence-corrected chi connectivity index (χ0v) is 13.4. The Labute approximate surface area is 133 Å². The van der Waals surface area contributed by atoms with E-state index in [0.717, 1.165) is 37.2 Å². The summed E-state index contributed by atoms with van der Waals surface area (Å²) in [6.07, 6.45) is 3.78. The predicted molar refractivity (Wildman–Crippen MR) is 86.3 cm³/mol. The van der Waals surface area contributed by atoms with Crippen molar-refractivity contribution in [3.05, 3.63) is 35.9 Å². The van der Waals surface area contributed by atoms with Gasteiger partial charge in [-0.2, -0.15) is 0 Å². The van der Waals surface area contributed by atoms with Gasteiger partial charge in [0.1, 0.15) is 6.54 Å². The van der Waals surface area contributed by atoms with Crippen molar-refractivity contribution in [2.45, 2.75) is 25.8 Å². The highest BCUT2D eigenvalue weighted by Gasteiger charge is 2.34. The quantitative estimate of drug-likeness (QED) is 0.797. The lowest BCUT2D eigenvalue weighted by molar-refractivity contribution is -0.938. The SMILES string of the molecule is O=C(C[N+]1(Cc2ccccc2)CCCCC1)N1CCOCC1. The van der Waals surface area contributed by atoms with Gasteiger partial charge in [-0.15, -0.1) is 0 Å². The largest absolute Gasteiger partial charge is 0.378 e.